The highest BCUT2D eigenvalue weighted by Crippen LogP contribution is 2.50. The van der Waals surface area contributed by atoms with E-state index < -0.39 is 12.1 Å². The lowest BCUT2D eigenvalue weighted by atomic mass is 9.87. The predicted molar refractivity (Wildman–Crippen MR) is 202 cm³/mol. The predicted octanol–water partition coefficient (Wildman–Crippen LogP) is 6.20. The SMILES string of the molecule is COC[C@@H]1CN[C@H](c2ncc(-c3cc4c5c(c3)OCc3cc(-c6cnc(CN(CC(C)C)C(=O)[C@H](NC(=O)OC)C7=CCCC=C7)[nH]6)cc(c3-5)OC4)[nH]2)C1. The maximum Gasteiger partial charge on any atom is 0.407 e. The van der Waals surface area contributed by atoms with Crippen molar-refractivity contribution < 1.29 is 28.5 Å². The fourth-order valence-corrected chi connectivity index (χ4v) is 7.97. The van der Waals surface area contributed by atoms with Crippen LogP contribution in [0.3, 0.4) is 0 Å². The number of methoxy groups -OCH3 is 2. The first-order valence-electron chi connectivity index (χ1n) is 18.7. The van der Waals surface area contributed by atoms with Gasteiger partial charge in [-0.15, -0.1) is 0 Å². The lowest BCUT2D eigenvalue weighted by Gasteiger charge is -2.30. The number of alkyl carbamates (subject to hydrolysis) is 1. The van der Waals surface area contributed by atoms with Gasteiger partial charge in [0.25, 0.3) is 0 Å². The number of H-pyrrole nitrogens is 2. The van der Waals surface area contributed by atoms with Gasteiger partial charge in [-0.2, -0.15) is 0 Å². The van der Waals surface area contributed by atoms with Crippen LogP contribution in [0.15, 0.2) is 60.5 Å². The molecule has 2 aromatic heterocycles. The lowest BCUT2D eigenvalue weighted by Crippen LogP contribution is -2.50. The molecule has 0 unspecified atom stereocenters. The molecule has 54 heavy (non-hydrogen) atoms. The standard InChI is InChI=1S/C41H47N7O6/c1-23(2)18-48(40(49)38(47-41(50)52-4)25-8-6-5-7-9-25)19-35-43-16-31(45-35)26-11-28-21-54-34-14-27(12-29-22-53-33(13-26)36(28)37(29)34)32-17-44-39(46-32)30-10-24(15-42-30)20-51-3/h6,8-9,11-14,16-17,23-24,30,38,42H,5,7,10,15,18-22H2,1-4H3,(H,43,45)(H,44,46)(H,47,50)/t24-,30-,38+/m0/s1. The molecule has 0 spiro atoms. The van der Waals surface area contributed by atoms with Gasteiger partial charge >= 0.3 is 6.09 Å². The van der Waals surface area contributed by atoms with Crippen LogP contribution in [0, 0.1) is 11.8 Å². The van der Waals surface area contributed by atoms with Crippen LogP contribution in [0.2, 0.25) is 0 Å². The van der Waals surface area contributed by atoms with Crippen molar-refractivity contribution in [1.29, 1.82) is 0 Å². The zero-order chi connectivity index (χ0) is 37.3. The Kier molecular flexibility index (Phi) is 9.99. The Morgan fingerprint density at radius 2 is 1.67 bits per heavy atom. The van der Waals surface area contributed by atoms with Gasteiger partial charge in [0.05, 0.1) is 50.1 Å². The lowest BCUT2D eigenvalue weighted by molar-refractivity contribution is -0.133. The number of carbonyl (C=O) groups excluding carboxylic acids is 2. The van der Waals surface area contributed by atoms with E-state index in [4.69, 9.17) is 23.9 Å². The number of nitrogens with one attached hydrogen (secondary N) is 4. The van der Waals surface area contributed by atoms with Gasteiger partial charge in [-0.05, 0) is 60.9 Å². The summed E-state index contributed by atoms with van der Waals surface area (Å²) in [5.74, 6) is 3.64. The van der Waals surface area contributed by atoms with Crippen LogP contribution in [0.1, 0.15) is 61.9 Å². The first kappa shape index (κ1) is 35.6. The highest BCUT2D eigenvalue weighted by atomic mass is 16.5. The molecule has 4 aliphatic rings. The fourth-order valence-electron chi connectivity index (χ4n) is 7.97. The molecular weight excluding hydrogens is 686 g/mol. The Labute approximate surface area is 314 Å². The largest absolute Gasteiger partial charge is 0.488 e. The van der Waals surface area contributed by atoms with Crippen molar-refractivity contribution in [2.24, 2.45) is 11.8 Å². The van der Waals surface area contributed by atoms with Gasteiger partial charge in [-0.3, -0.25) is 4.79 Å². The topological polar surface area (TPSA) is 156 Å². The monoisotopic (exact) mass is 733 g/mol. The van der Waals surface area contributed by atoms with Crippen molar-refractivity contribution in [2.45, 2.75) is 65.0 Å². The molecule has 4 aromatic rings. The summed E-state index contributed by atoms with van der Waals surface area (Å²) < 4.78 is 23.1. The average molecular weight is 734 g/mol. The summed E-state index contributed by atoms with van der Waals surface area (Å²) in [6.45, 7) is 7.31. The fraction of sp³-hybridized carbons (Fsp3) is 0.415. The molecule has 3 aliphatic heterocycles. The number of ether oxygens (including phenoxy) is 4. The number of aromatic amines is 2. The first-order valence-corrected chi connectivity index (χ1v) is 18.7. The van der Waals surface area contributed by atoms with Gasteiger partial charge in [0.2, 0.25) is 5.91 Å². The molecule has 13 nitrogen and oxygen atoms in total. The van der Waals surface area contributed by atoms with E-state index >= 15 is 0 Å². The molecule has 13 heteroatoms. The van der Waals surface area contributed by atoms with E-state index in [1.807, 2.05) is 30.5 Å². The number of allylic oxidation sites excluding steroid dienone is 2. The van der Waals surface area contributed by atoms with Crippen LogP contribution in [0.4, 0.5) is 4.79 Å². The maximum absolute atomic E-state index is 14.0. The zero-order valence-electron chi connectivity index (χ0n) is 31.2. The maximum atomic E-state index is 14.0. The van der Waals surface area contributed by atoms with Gasteiger partial charge in [-0.1, -0.05) is 32.1 Å². The number of imidazole rings is 2. The van der Waals surface area contributed by atoms with Crippen molar-refractivity contribution >= 4 is 12.0 Å². The van der Waals surface area contributed by atoms with E-state index in [9.17, 15) is 9.59 Å². The molecule has 2 amide bonds. The van der Waals surface area contributed by atoms with E-state index in [1.54, 1.807) is 18.2 Å². The molecule has 8 rings (SSSR count). The molecule has 2 aromatic carbocycles. The van der Waals surface area contributed by atoms with Gasteiger partial charge in [-0.25, -0.2) is 14.8 Å². The molecule has 4 N–H and O–H groups in total. The highest BCUT2D eigenvalue weighted by Gasteiger charge is 2.33. The summed E-state index contributed by atoms with van der Waals surface area (Å²) in [5.41, 5.74) is 8.65. The Morgan fingerprint density at radius 3 is 2.31 bits per heavy atom. The van der Waals surface area contributed by atoms with E-state index in [1.165, 1.54) is 7.11 Å². The molecule has 0 saturated carbocycles. The second-order valence-electron chi connectivity index (χ2n) is 14.9. The average Bonchev–Trinajstić information content (AvgIpc) is 3.97. The number of hydrogen-bond donors (Lipinski definition) is 4. The molecule has 0 radical (unpaired) electrons. The highest BCUT2D eigenvalue weighted by molar-refractivity contribution is 5.90. The molecule has 1 saturated heterocycles. The minimum atomic E-state index is -0.863. The molecule has 1 fully saturated rings. The third-order valence-corrected chi connectivity index (χ3v) is 10.5. The third kappa shape index (κ3) is 7.13. The normalized spacial score (nSPS) is 18.7. The van der Waals surface area contributed by atoms with Crippen LogP contribution in [0.5, 0.6) is 11.5 Å². The zero-order valence-corrected chi connectivity index (χ0v) is 31.2. The number of nitrogens with zero attached hydrogens (tertiary/aromatic N) is 3. The molecule has 0 bridgehead atoms. The molecule has 3 atom stereocenters. The molecule has 5 heterocycles. The van der Waals surface area contributed by atoms with Gasteiger partial charge < -0.3 is 44.4 Å². The summed E-state index contributed by atoms with van der Waals surface area (Å²) in [7, 11) is 3.04. The Balaban J connectivity index is 1.02. The summed E-state index contributed by atoms with van der Waals surface area (Å²) in [6.07, 6.45) is 11.6. The summed E-state index contributed by atoms with van der Waals surface area (Å²) >= 11 is 0. The van der Waals surface area contributed by atoms with Crippen molar-refractivity contribution in [3.8, 4) is 45.1 Å². The molecule has 1 aliphatic carbocycles. The summed E-state index contributed by atoms with van der Waals surface area (Å²) in [4.78, 5) is 44.5. The van der Waals surface area contributed by atoms with Gasteiger partial charge in [0.15, 0.2) is 0 Å². The first-order chi connectivity index (χ1) is 26.3. The third-order valence-electron chi connectivity index (χ3n) is 10.5. The molecule has 282 valence electrons. The number of aromatic nitrogens is 4. The minimum Gasteiger partial charge on any atom is -0.488 e. The van der Waals surface area contributed by atoms with Gasteiger partial charge in [0, 0.05) is 53.6 Å². The van der Waals surface area contributed by atoms with E-state index in [0.29, 0.717) is 31.5 Å². The second kappa shape index (κ2) is 15.2. The Bertz CT molecular complexity index is 2070. The molecular formula is C41H47N7O6. The Hall–Kier alpha value is -5.40. The van der Waals surface area contributed by atoms with Crippen molar-refractivity contribution in [3.05, 3.63) is 83.2 Å². The number of benzene rings is 2. The van der Waals surface area contributed by atoms with Crippen LogP contribution < -0.4 is 20.1 Å². The van der Waals surface area contributed by atoms with Crippen molar-refractivity contribution in [3.63, 3.8) is 0 Å². The van der Waals surface area contributed by atoms with Crippen LogP contribution in [-0.2, 0) is 34.0 Å². The second-order valence-corrected chi connectivity index (χ2v) is 14.9. The van der Waals surface area contributed by atoms with E-state index in [2.05, 4.69) is 57.6 Å². The van der Waals surface area contributed by atoms with Crippen LogP contribution >= 0.6 is 0 Å². The summed E-state index contributed by atoms with van der Waals surface area (Å²) in [6, 6.07) is 7.73. The number of amides is 2. The van der Waals surface area contributed by atoms with E-state index in [0.717, 1.165) is 100 Å². The van der Waals surface area contributed by atoms with E-state index in [-0.39, 0.29) is 24.4 Å². The quantitative estimate of drug-likeness (QED) is 0.133. The smallest absolute Gasteiger partial charge is 0.407 e. The van der Waals surface area contributed by atoms with Gasteiger partial charge in [0.1, 0.15) is 42.4 Å². The van der Waals surface area contributed by atoms with Crippen LogP contribution in [-0.4, -0.2) is 76.8 Å². The van der Waals surface area contributed by atoms with Crippen molar-refractivity contribution in [2.75, 3.05) is 33.9 Å². The van der Waals surface area contributed by atoms with Crippen LogP contribution in [0.25, 0.3) is 33.6 Å². The van der Waals surface area contributed by atoms with Crippen molar-refractivity contribution in [1.82, 2.24) is 35.5 Å². The number of rotatable bonds is 12. The number of carbonyl (C=O) groups is 2. The minimum absolute atomic E-state index is 0.176. The number of hydrogen-bond acceptors (Lipinski definition) is 9. The Morgan fingerprint density at radius 1 is 0.963 bits per heavy atom. The summed E-state index contributed by atoms with van der Waals surface area (Å²) in [5, 5.41) is 6.31.